The topological polar surface area (TPSA) is 6.48 Å². The molecule has 1 atom stereocenters. The Balaban J connectivity index is 1.51. The van der Waals surface area contributed by atoms with Crippen molar-refractivity contribution in [3.05, 3.63) is 42.7 Å². The largest absolute Gasteiger partial charge is 0.356 e. The Labute approximate surface area is 257 Å². The van der Waals surface area contributed by atoms with Gasteiger partial charge in [0.2, 0.25) is 0 Å². The average Bonchev–Trinajstić information content (AvgIpc) is 3.40. The first-order valence-corrected chi connectivity index (χ1v) is 18.6. The summed E-state index contributed by atoms with van der Waals surface area (Å²) in [6.07, 6.45) is 43.6. The second-order valence-electron chi connectivity index (χ2n) is 13.0. The maximum Gasteiger partial charge on any atom is 0.105 e. The number of hydrogen-bond donors (Lipinski definition) is 0. The number of benzene rings is 1. The van der Waals surface area contributed by atoms with Crippen LogP contribution in [0.1, 0.15) is 187 Å². The second-order valence-corrected chi connectivity index (χ2v) is 13.0. The predicted octanol–water partition coefficient (Wildman–Crippen LogP) is 13.2. The van der Waals surface area contributed by atoms with Gasteiger partial charge in [-0.2, -0.15) is 0 Å². The van der Waals surface area contributed by atoms with E-state index in [9.17, 15) is 0 Å². The molecule has 2 heteroatoms. The van der Waals surface area contributed by atoms with E-state index < -0.39 is 0 Å². The molecule has 2 rings (SSSR count). The normalized spacial score (nSPS) is 14.9. The highest BCUT2D eigenvalue weighted by Gasteiger charge is 2.26. The van der Waals surface area contributed by atoms with E-state index in [2.05, 4.69) is 66.4 Å². The molecule has 236 valence electrons. The minimum atomic E-state index is 0.503. The molecular weight excluding hydrogens is 496 g/mol. The van der Waals surface area contributed by atoms with Gasteiger partial charge in [0.25, 0.3) is 0 Å². The smallest absolute Gasteiger partial charge is 0.105 e. The lowest BCUT2D eigenvalue weighted by atomic mass is 10.0. The van der Waals surface area contributed by atoms with Crippen LogP contribution in [0.4, 0.5) is 5.69 Å². The molecule has 1 heterocycles. The molecule has 2 nitrogen and oxygen atoms in total. The van der Waals surface area contributed by atoms with Gasteiger partial charge in [0.1, 0.15) is 6.17 Å². The van der Waals surface area contributed by atoms with Crippen molar-refractivity contribution in [1.29, 1.82) is 0 Å². The summed E-state index contributed by atoms with van der Waals surface area (Å²) in [5, 5.41) is 0. The van der Waals surface area contributed by atoms with E-state index in [1.54, 1.807) is 0 Å². The molecule has 1 aliphatic rings. The van der Waals surface area contributed by atoms with Crippen LogP contribution in [0.3, 0.4) is 0 Å². The van der Waals surface area contributed by atoms with Crippen LogP contribution in [0.25, 0.3) is 0 Å². The van der Waals surface area contributed by atoms with Crippen LogP contribution >= 0.6 is 0 Å². The molecule has 1 aromatic carbocycles. The Bertz CT molecular complexity index is 699. The van der Waals surface area contributed by atoms with E-state index in [-0.39, 0.29) is 0 Å². The van der Waals surface area contributed by atoms with Crippen LogP contribution < -0.4 is 4.90 Å². The SMILES string of the molecule is CCCCCCCCCCCCCCCCCCCC1N(CCCCCCCCCCC)C=CN1c1ccccc1. The Kier molecular flexibility index (Phi) is 22.9. The first-order valence-electron chi connectivity index (χ1n) is 18.6. The molecule has 0 N–H and O–H groups in total. The molecule has 0 bridgehead atoms. The van der Waals surface area contributed by atoms with Gasteiger partial charge in [0.05, 0.1) is 0 Å². The van der Waals surface area contributed by atoms with Crippen LogP contribution in [-0.2, 0) is 0 Å². The van der Waals surface area contributed by atoms with Gasteiger partial charge in [0.15, 0.2) is 0 Å². The van der Waals surface area contributed by atoms with Crippen molar-refractivity contribution in [3.63, 3.8) is 0 Å². The van der Waals surface area contributed by atoms with Gasteiger partial charge in [-0.1, -0.05) is 186 Å². The maximum atomic E-state index is 2.64. The molecule has 1 aromatic rings. The summed E-state index contributed by atoms with van der Waals surface area (Å²) in [6.45, 7) is 5.82. The lowest BCUT2D eigenvalue weighted by molar-refractivity contribution is 0.273. The highest BCUT2D eigenvalue weighted by atomic mass is 15.4. The lowest BCUT2D eigenvalue weighted by Gasteiger charge is -2.33. The Hall–Kier alpha value is -1.44. The number of hydrogen-bond acceptors (Lipinski definition) is 2. The van der Waals surface area contributed by atoms with E-state index >= 15 is 0 Å². The van der Waals surface area contributed by atoms with Gasteiger partial charge in [-0.15, -0.1) is 0 Å². The van der Waals surface area contributed by atoms with E-state index in [0.29, 0.717) is 6.17 Å². The fourth-order valence-corrected chi connectivity index (χ4v) is 6.56. The highest BCUT2D eigenvalue weighted by Crippen LogP contribution is 2.28. The van der Waals surface area contributed by atoms with Crippen LogP contribution in [0, 0.1) is 0 Å². The molecule has 0 aliphatic carbocycles. The summed E-state index contributed by atoms with van der Waals surface area (Å²) >= 11 is 0. The van der Waals surface area contributed by atoms with E-state index in [0.717, 1.165) is 0 Å². The fourth-order valence-electron chi connectivity index (χ4n) is 6.56. The Morgan fingerprint density at radius 2 is 0.829 bits per heavy atom. The third kappa shape index (κ3) is 18.0. The van der Waals surface area contributed by atoms with Crippen LogP contribution in [0.15, 0.2) is 42.7 Å². The molecule has 0 saturated heterocycles. The van der Waals surface area contributed by atoms with Gasteiger partial charge in [-0.25, -0.2) is 0 Å². The van der Waals surface area contributed by atoms with E-state index in [4.69, 9.17) is 0 Å². The van der Waals surface area contributed by atoms with E-state index in [1.807, 2.05) is 0 Å². The average molecular weight is 567 g/mol. The van der Waals surface area contributed by atoms with Crippen molar-refractivity contribution >= 4 is 5.69 Å². The fraction of sp³-hybridized carbons (Fsp3) is 0.795. The quantitative estimate of drug-likeness (QED) is 0.0890. The third-order valence-electron chi connectivity index (χ3n) is 9.26. The highest BCUT2D eigenvalue weighted by molar-refractivity contribution is 5.51. The zero-order chi connectivity index (χ0) is 29.1. The molecule has 0 saturated carbocycles. The van der Waals surface area contributed by atoms with Crippen molar-refractivity contribution < 1.29 is 0 Å². The third-order valence-corrected chi connectivity index (χ3v) is 9.26. The number of nitrogens with zero attached hydrogens (tertiary/aromatic N) is 2. The summed E-state index contributed by atoms with van der Waals surface area (Å²) in [4.78, 5) is 5.17. The molecule has 0 amide bonds. The minimum absolute atomic E-state index is 0.503. The summed E-state index contributed by atoms with van der Waals surface area (Å²) in [7, 11) is 0. The molecule has 0 aromatic heterocycles. The molecule has 0 spiro atoms. The van der Waals surface area contributed by atoms with Crippen LogP contribution in [0.2, 0.25) is 0 Å². The minimum Gasteiger partial charge on any atom is -0.356 e. The molecule has 0 radical (unpaired) electrons. The standard InChI is InChI=1S/C39H70N2/c1-3-5-7-9-11-13-14-15-16-17-18-19-20-21-23-25-30-34-39-40(35-31-26-24-22-12-10-8-6-4-2)36-37-41(39)38-32-28-27-29-33-38/h27-29,32-33,36-37,39H,3-26,30-31,34-35H2,1-2H3. The van der Waals surface area contributed by atoms with Crippen LogP contribution in [-0.4, -0.2) is 17.6 Å². The first-order chi connectivity index (χ1) is 20.4. The monoisotopic (exact) mass is 567 g/mol. The van der Waals surface area contributed by atoms with Crippen molar-refractivity contribution in [3.8, 4) is 0 Å². The Morgan fingerprint density at radius 1 is 0.439 bits per heavy atom. The summed E-state index contributed by atoms with van der Waals surface area (Å²) in [5.74, 6) is 0. The number of rotatable bonds is 29. The number of para-hydroxylation sites is 1. The first kappa shape index (κ1) is 35.8. The van der Waals surface area contributed by atoms with Gasteiger partial charge in [-0.05, 0) is 31.4 Å². The van der Waals surface area contributed by atoms with Gasteiger partial charge < -0.3 is 9.80 Å². The van der Waals surface area contributed by atoms with Crippen molar-refractivity contribution in [1.82, 2.24) is 4.90 Å². The van der Waals surface area contributed by atoms with Crippen molar-refractivity contribution in [2.24, 2.45) is 0 Å². The van der Waals surface area contributed by atoms with Gasteiger partial charge in [-0.3, -0.25) is 0 Å². The van der Waals surface area contributed by atoms with Gasteiger partial charge in [0, 0.05) is 24.6 Å². The van der Waals surface area contributed by atoms with E-state index in [1.165, 1.54) is 186 Å². The van der Waals surface area contributed by atoms with Crippen LogP contribution in [0.5, 0.6) is 0 Å². The summed E-state index contributed by atoms with van der Waals surface area (Å²) < 4.78 is 0. The molecule has 41 heavy (non-hydrogen) atoms. The zero-order valence-corrected chi connectivity index (χ0v) is 27.8. The summed E-state index contributed by atoms with van der Waals surface area (Å²) in [5.41, 5.74) is 1.34. The number of anilines is 1. The lowest BCUT2D eigenvalue weighted by Crippen LogP contribution is -2.39. The van der Waals surface area contributed by atoms with Crippen molar-refractivity contribution in [2.75, 3.05) is 11.4 Å². The Morgan fingerprint density at radius 3 is 1.27 bits per heavy atom. The van der Waals surface area contributed by atoms with Crippen molar-refractivity contribution in [2.45, 2.75) is 193 Å². The van der Waals surface area contributed by atoms with Gasteiger partial charge >= 0.3 is 0 Å². The molecule has 0 fully saturated rings. The molecular formula is C39H70N2. The molecule has 1 aliphatic heterocycles. The summed E-state index contributed by atoms with van der Waals surface area (Å²) in [6, 6.07) is 11.0. The second kappa shape index (κ2) is 26.2. The number of unbranched alkanes of at least 4 members (excludes halogenated alkanes) is 24. The molecule has 1 unspecified atom stereocenters. The zero-order valence-electron chi connectivity index (χ0n) is 27.8. The maximum absolute atomic E-state index is 2.64. The predicted molar refractivity (Wildman–Crippen MR) is 185 cm³/mol.